The molecule has 0 spiro atoms. The Bertz CT molecular complexity index is 808. The van der Waals surface area contributed by atoms with Gasteiger partial charge in [-0.05, 0) is 31.0 Å². The number of benzene rings is 1. The molecule has 3 heterocycles. The molecule has 4 rings (SSSR count). The number of aromatic nitrogens is 4. The van der Waals surface area contributed by atoms with Crippen molar-refractivity contribution in [3.63, 3.8) is 0 Å². The maximum absolute atomic E-state index is 6.05. The molecule has 1 aliphatic heterocycles. The van der Waals surface area contributed by atoms with Gasteiger partial charge in [-0.1, -0.05) is 27.3 Å². The minimum Gasteiger partial charge on any atom is -0.398 e. The smallest absolute Gasteiger partial charge is 0.235 e. The van der Waals surface area contributed by atoms with Gasteiger partial charge >= 0.3 is 0 Å². The number of halogens is 1. The second-order valence-electron chi connectivity index (χ2n) is 4.89. The third kappa shape index (κ3) is 2.23. The van der Waals surface area contributed by atoms with Crippen LogP contribution in [0.1, 0.15) is 24.8 Å². The molecule has 0 radical (unpaired) electrons. The zero-order valence-corrected chi connectivity index (χ0v) is 13.4. The van der Waals surface area contributed by atoms with Gasteiger partial charge in [0.05, 0.1) is 0 Å². The van der Waals surface area contributed by atoms with Gasteiger partial charge in [0.2, 0.25) is 4.96 Å². The van der Waals surface area contributed by atoms with Crippen LogP contribution in [0.4, 0.5) is 5.69 Å². The van der Waals surface area contributed by atoms with Crippen LogP contribution in [0.2, 0.25) is 0 Å². The van der Waals surface area contributed by atoms with E-state index in [2.05, 4.69) is 31.2 Å². The molecule has 1 saturated heterocycles. The zero-order valence-electron chi connectivity index (χ0n) is 11.0. The van der Waals surface area contributed by atoms with Crippen LogP contribution in [-0.2, 0) is 4.74 Å². The third-order valence-electron chi connectivity index (χ3n) is 3.48. The Morgan fingerprint density at radius 3 is 3.10 bits per heavy atom. The van der Waals surface area contributed by atoms with Crippen LogP contribution in [-0.4, -0.2) is 26.4 Å². The van der Waals surface area contributed by atoms with Crippen molar-refractivity contribution in [3.05, 3.63) is 28.5 Å². The van der Waals surface area contributed by atoms with E-state index in [1.165, 1.54) is 11.3 Å². The quantitative estimate of drug-likeness (QED) is 0.706. The fourth-order valence-electron chi connectivity index (χ4n) is 2.44. The van der Waals surface area contributed by atoms with Gasteiger partial charge in [0.25, 0.3) is 0 Å². The number of nitrogens with zero attached hydrogens (tertiary/aromatic N) is 4. The predicted molar refractivity (Wildman–Crippen MR) is 84.1 cm³/mol. The van der Waals surface area contributed by atoms with E-state index in [0.29, 0.717) is 5.69 Å². The van der Waals surface area contributed by atoms with Crippen molar-refractivity contribution in [1.82, 2.24) is 19.8 Å². The first kappa shape index (κ1) is 13.2. The van der Waals surface area contributed by atoms with Gasteiger partial charge < -0.3 is 10.5 Å². The van der Waals surface area contributed by atoms with E-state index in [4.69, 9.17) is 10.5 Å². The summed E-state index contributed by atoms with van der Waals surface area (Å²) in [6, 6.07) is 5.74. The van der Waals surface area contributed by atoms with Gasteiger partial charge in [-0.15, -0.1) is 10.2 Å². The van der Waals surface area contributed by atoms with Crippen molar-refractivity contribution < 1.29 is 4.74 Å². The van der Waals surface area contributed by atoms with E-state index in [1.807, 2.05) is 18.2 Å². The van der Waals surface area contributed by atoms with Crippen LogP contribution in [0.25, 0.3) is 15.5 Å². The highest BCUT2D eigenvalue weighted by Crippen LogP contribution is 2.34. The first-order chi connectivity index (χ1) is 10.2. The highest BCUT2D eigenvalue weighted by atomic mass is 79.9. The summed E-state index contributed by atoms with van der Waals surface area (Å²) in [5, 5.41) is 13.9. The van der Waals surface area contributed by atoms with E-state index in [0.717, 1.165) is 45.3 Å². The van der Waals surface area contributed by atoms with Crippen LogP contribution in [0.15, 0.2) is 22.7 Å². The lowest BCUT2D eigenvalue weighted by Crippen LogP contribution is -2.03. The number of nitrogens with two attached hydrogens (primary N) is 1. The molecule has 108 valence electrons. The summed E-state index contributed by atoms with van der Waals surface area (Å²) in [5.74, 6) is 0.776. The van der Waals surface area contributed by atoms with Crippen molar-refractivity contribution >= 4 is 37.9 Å². The van der Waals surface area contributed by atoms with Crippen molar-refractivity contribution in [3.8, 4) is 10.6 Å². The lowest BCUT2D eigenvalue weighted by atomic mass is 10.2. The van der Waals surface area contributed by atoms with Crippen LogP contribution in [0, 0.1) is 0 Å². The monoisotopic (exact) mass is 365 g/mol. The highest BCUT2D eigenvalue weighted by molar-refractivity contribution is 9.10. The fourth-order valence-corrected chi connectivity index (χ4v) is 3.68. The average Bonchev–Trinajstić information content (AvgIpc) is 3.15. The molecule has 1 aromatic carbocycles. The van der Waals surface area contributed by atoms with Crippen LogP contribution >= 0.6 is 27.3 Å². The van der Waals surface area contributed by atoms with Crippen molar-refractivity contribution in [1.29, 1.82) is 0 Å². The molecule has 0 amide bonds. The van der Waals surface area contributed by atoms with Crippen LogP contribution in [0.3, 0.4) is 0 Å². The maximum Gasteiger partial charge on any atom is 0.235 e. The summed E-state index contributed by atoms with van der Waals surface area (Å²) in [4.78, 5) is 0.759. The van der Waals surface area contributed by atoms with Crippen molar-refractivity contribution in [2.45, 2.75) is 18.9 Å². The van der Waals surface area contributed by atoms with E-state index in [1.54, 1.807) is 4.52 Å². The summed E-state index contributed by atoms with van der Waals surface area (Å²) in [6.45, 7) is 0.773. The van der Waals surface area contributed by atoms with Crippen molar-refractivity contribution in [2.24, 2.45) is 0 Å². The summed E-state index contributed by atoms with van der Waals surface area (Å²) in [6.07, 6.45) is 2.01. The first-order valence-corrected chi connectivity index (χ1v) is 8.22. The Labute approximate surface area is 133 Å². The Hall–Kier alpha value is -1.51. The molecule has 21 heavy (non-hydrogen) atoms. The summed E-state index contributed by atoms with van der Waals surface area (Å²) < 4.78 is 8.42. The number of ether oxygens (including phenoxy) is 1. The van der Waals surface area contributed by atoms with Gasteiger partial charge in [0.15, 0.2) is 5.82 Å². The summed E-state index contributed by atoms with van der Waals surface area (Å²) in [7, 11) is 0. The van der Waals surface area contributed by atoms with E-state index in [9.17, 15) is 0 Å². The molecule has 1 atom stereocenters. The second-order valence-corrected chi connectivity index (χ2v) is 6.76. The van der Waals surface area contributed by atoms with E-state index < -0.39 is 0 Å². The largest absolute Gasteiger partial charge is 0.398 e. The molecule has 1 aliphatic rings. The molecule has 3 aromatic rings. The summed E-state index contributed by atoms with van der Waals surface area (Å²) in [5.41, 5.74) is 7.65. The summed E-state index contributed by atoms with van der Waals surface area (Å²) >= 11 is 4.94. The Kier molecular flexibility index (Phi) is 3.16. The lowest BCUT2D eigenvalue weighted by Gasteiger charge is -2.04. The molecular weight excluding hydrogens is 354 g/mol. The average molecular weight is 366 g/mol. The minimum atomic E-state index is -0.00481. The molecule has 8 heteroatoms. The second kappa shape index (κ2) is 5.04. The molecule has 0 saturated carbocycles. The van der Waals surface area contributed by atoms with Gasteiger partial charge in [-0.3, -0.25) is 0 Å². The number of hydrogen-bond acceptors (Lipinski definition) is 6. The van der Waals surface area contributed by atoms with Gasteiger partial charge in [0.1, 0.15) is 11.1 Å². The van der Waals surface area contributed by atoms with Gasteiger partial charge in [0, 0.05) is 22.3 Å². The van der Waals surface area contributed by atoms with Crippen molar-refractivity contribution in [2.75, 3.05) is 12.3 Å². The highest BCUT2D eigenvalue weighted by Gasteiger charge is 2.25. The third-order valence-corrected chi connectivity index (χ3v) is 4.90. The van der Waals surface area contributed by atoms with Crippen LogP contribution in [0.5, 0.6) is 0 Å². The Balaban J connectivity index is 1.82. The molecule has 2 aromatic heterocycles. The number of anilines is 1. The number of hydrogen-bond donors (Lipinski definition) is 1. The fraction of sp³-hybridized carbons (Fsp3) is 0.308. The minimum absolute atomic E-state index is 0.00481. The topological polar surface area (TPSA) is 78.3 Å². The van der Waals surface area contributed by atoms with Gasteiger partial charge in [-0.25, -0.2) is 0 Å². The van der Waals surface area contributed by atoms with E-state index >= 15 is 0 Å². The van der Waals surface area contributed by atoms with Crippen LogP contribution < -0.4 is 5.73 Å². The van der Waals surface area contributed by atoms with E-state index in [-0.39, 0.29) is 6.10 Å². The standard InChI is InChI=1S/C13H12BrN5OS/c14-7-3-4-9(15)8(6-7)12-18-19-11(10-2-1-5-20-10)16-17-13(19)21-12/h3-4,6,10H,1-2,5,15H2. The molecule has 1 unspecified atom stereocenters. The predicted octanol–water partition coefficient (Wildman–Crippen LogP) is 3.05. The normalized spacial score (nSPS) is 18.6. The lowest BCUT2D eigenvalue weighted by molar-refractivity contribution is 0.103. The molecule has 0 bridgehead atoms. The van der Waals surface area contributed by atoms with Gasteiger partial charge in [-0.2, -0.15) is 9.61 Å². The Morgan fingerprint density at radius 1 is 1.38 bits per heavy atom. The zero-order chi connectivity index (χ0) is 14.4. The Morgan fingerprint density at radius 2 is 2.29 bits per heavy atom. The molecule has 2 N–H and O–H groups in total. The number of nitrogen functional groups attached to an aromatic ring is 1. The molecule has 1 fully saturated rings. The molecule has 6 nitrogen and oxygen atoms in total. The molecular formula is C13H12BrN5OS. The molecule has 0 aliphatic carbocycles. The SMILES string of the molecule is Nc1ccc(Br)cc1-c1nn2c(C3CCCO3)nnc2s1. The maximum atomic E-state index is 6.05. The first-order valence-electron chi connectivity index (χ1n) is 6.61. The number of rotatable bonds is 2. The number of fused-ring (bicyclic) bond motifs is 1.